The van der Waals surface area contributed by atoms with Gasteiger partial charge < -0.3 is 5.32 Å². The van der Waals surface area contributed by atoms with Crippen LogP contribution in [0, 0.1) is 5.92 Å². The smallest absolute Gasteiger partial charge is 0.194 e. The molecule has 0 saturated heterocycles. The average Bonchev–Trinajstić information content (AvgIpc) is 2.79. The highest BCUT2D eigenvalue weighted by molar-refractivity contribution is 9.10. The van der Waals surface area contributed by atoms with E-state index in [1.165, 1.54) is 19.3 Å². The van der Waals surface area contributed by atoms with Crippen LogP contribution in [0.2, 0.25) is 5.02 Å². The number of halogens is 2. The van der Waals surface area contributed by atoms with Gasteiger partial charge in [0.1, 0.15) is 6.04 Å². The summed E-state index contributed by atoms with van der Waals surface area (Å²) in [5, 5.41) is 3.68. The molecule has 112 valence electrons. The number of fused-ring (bicyclic) bond motifs is 1. The van der Waals surface area contributed by atoms with Crippen LogP contribution in [-0.4, -0.2) is 24.1 Å². The lowest BCUT2D eigenvalue weighted by Gasteiger charge is -2.25. The number of Topliss-reactive ketones (excluding diaryl/α,β-unsaturated/α-hetero) is 1. The third-order valence-corrected chi connectivity index (χ3v) is 5.71. The van der Waals surface area contributed by atoms with Crippen molar-refractivity contribution in [1.82, 2.24) is 0 Å². The molecule has 2 aliphatic rings. The topological polar surface area (TPSA) is 41.5 Å². The summed E-state index contributed by atoms with van der Waals surface area (Å²) < 4.78 is 0.747. The largest absolute Gasteiger partial charge is 0.370 e. The molecule has 1 aliphatic heterocycles. The van der Waals surface area contributed by atoms with Gasteiger partial charge in [0.05, 0.1) is 16.6 Å². The molecule has 1 N–H and O–H groups in total. The maximum absolute atomic E-state index is 12.5. The first-order valence-electron chi connectivity index (χ1n) is 7.40. The first kappa shape index (κ1) is 15.0. The fourth-order valence-electron chi connectivity index (χ4n) is 3.12. The zero-order valence-corrected chi connectivity index (χ0v) is 14.2. The van der Waals surface area contributed by atoms with E-state index < -0.39 is 0 Å². The van der Waals surface area contributed by atoms with E-state index in [9.17, 15) is 4.79 Å². The number of rotatable bonds is 2. The van der Waals surface area contributed by atoms with Crippen LogP contribution in [0.25, 0.3) is 0 Å². The van der Waals surface area contributed by atoms with Gasteiger partial charge in [-0.15, -0.1) is 0 Å². The minimum Gasteiger partial charge on any atom is -0.370 e. The maximum Gasteiger partial charge on any atom is 0.194 e. The fourth-order valence-corrected chi connectivity index (χ4v) is 3.71. The number of nitrogens with one attached hydrogen (secondary N) is 1. The number of benzene rings is 1. The summed E-state index contributed by atoms with van der Waals surface area (Å²) in [4.78, 5) is 17.1. The van der Waals surface area contributed by atoms with Crippen LogP contribution in [0.4, 0.5) is 5.69 Å². The molecule has 5 heteroatoms. The highest BCUT2D eigenvalue weighted by Crippen LogP contribution is 2.36. The normalized spacial score (nSPS) is 28.7. The molecule has 21 heavy (non-hydrogen) atoms. The molecule has 1 aromatic rings. The van der Waals surface area contributed by atoms with Gasteiger partial charge in [-0.1, -0.05) is 31.4 Å². The summed E-state index contributed by atoms with van der Waals surface area (Å²) in [6.45, 7) is 2.24. The van der Waals surface area contributed by atoms with E-state index in [0.717, 1.165) is 16.6 Å². The van der Waals surface area contributed by atoms with Crippen LogP contribution in [0.3, 0.4) is 0 Å². The Balaban J connectivity index is 1.77. The Labute approximate surface area is 138 Å². The van der Waals surface area contributed by atoms with Gasteiger partial charge in [-0.3, -0.25) is 9.79 Å². The number of aliphatic imine (C=N–C) groups is 1. The summed E-state index contributed by atoms with van der Waals surface area (Å²) in [7, 11) is 0. The van der Waals surface area contributed by atoms with E-state index in [1.54, 1.807) is 6.21 Å². The van der Waals surface area contributed by atoms with Crippen molar-refractivity contribution in [2.45, 2.75) is 44.7 Å². The van der Waals surface area contributed by atoms with Gasteiger partial charge in [0, 0.05) is 16.4 Å². The molecule has 0 radical (unpaired) electrons. The van der Waals surface area contributed by atoms with Crippen molar-refractivity contribution in [2.75, 3.05) is 5.32 Å². The Morgan fingerprint density at radius 2 is 2.14 bits per heavy atom. The van der Waals surface area contributed by atoms with Crippen molar-refractivity contribution in [3.8, 4) is 0 Å². The average molecular weight is 370 g/mol. The first-order valence-corrected chi connectivity index (χ1v) is 8.57. The Hall–Kier alpha value is -0.870. The Morgan fingerprint density at radius 1 is 1.38 bits per heavy atom. The molecular formula is C16H18BrClN2O. The third-order valence-electron chi connectivity index (χ3n) is 4.43. The van der Waals surface area contributed by atoms with Gasteiger partial charge in [0.2, 0.25) is 0 Å². The van der Waals surface area contributed by atoms with Crippen molar-refractivity contribution in [2.24, 2.45) is 10.9 Å². The van der Waals surface area contributed by atoms with E-state index in [4.69, 9.17) is 11.6 Å². The molecule has 1 aromatic carbocycles. The molecule has 1 heterocycles. The van der Waals surface area contributed by atoms with E-state index in [2.05, 4.69) is 33.2 Å². The van der Waals surface area contributed by atoms with Crippen LogP contribution >= 0.6 is 27.5 Å². The van der Waals surface area contributed by atoms with Gasteiger partial charge >= 0.3 is 0 Å². The van der Waals surface area contributed by atoms with Gasteiger partial charge in [-0.25, -0.2) is 0 Å². The van der Waals surface area contributed by atoms with Crippen LogP contribution in [0.1, 0.15) is 43.0 Å². The first-order chi connectivity index (χ1) is 10.1. The van der Waals surface area contributed by atoms with Crippen LogP contribution < -0.4 is 5.32 Å². The predicted molar refractivity (Wildman–Crippen MR) is 90.8 cm³/mol. The van der Waals surface area contributed by atoms with E-state index in [-0.39, 0.29) is 11.8 Å². The highest BCUT2D eigenvalue weighted by Gasteiger charge is 2.32. The van der Waals surface area contributed by atoms with Crippen molar-refractivity contribution in [3.05, 3.63) is 27.2 Å². The molecule has 0 amide bonds. The zero-order valence-electron chi connectivity index (χ0n) is 11.9. The third kappa shape index (κ3) is 2.88. The lowest BCUT2D eigenvalue weighted by Crippen LogP contribution is -2.27. The Morgan fingerprint density at radius 3 is 2.90 bits per heavy atom. The molecule has 0 spiro atoms. The summed E-state index contributed by atoms with van der Waals surface area (Å²) in [5.74, 6) is 0.607. The van der Waals surface area contributed by atoms with Gasteiger partial charge in [-0.05, 0) is 46.8 Å². The van der Waals surface area contributed by atoms with Crippen molar-refractivity contribution < 1.29 is 4.79 Å². The van der Waals surface area contributed by atoms with Gasteiger partial charge in [-0.2, -0.15) is 0 Å². The van der Waals surface area contributed by atoms with Crippen LogP contribution in [0.5, 0.6) is 0 Å². The summed E-state index contributed by atoms with van der Waals surface area (Å²) in [6.07, 6.45) is 6.66. The minimum absolute atomic E-state index is 0.00325. The minimum atomic E-state index is -0.388. The Bertz CT molecular complexity index is 602. The standard InChI is InChI=1S/C16H18BrClN2O/c1-9-4-2-3-5-11(9)19-8-13-16(21)14-12(20-13)7-6-10(17)15(14)18/h6-9,11,13,20H,2-5H2,1H3/t9-,11+,13?/m1/s1. The SMILES string of the molecule is C[C@@H]1CCCC[C@@H]1N=CC1Nc2ccc(Br)c(Cl)c2C1=O. The van der Waals surface area contributed by atoms with Crippen molar-refractivity contribution in [1.29, 1.82) is 0 Å². The quantitative estimate of drug-likeness (QED) is 0.766. The number of ketones is 1. The van der Waals surface area contributed by atoms with Gasteiger partial charge in [0.15, 0.2) is 5.78 Å². The van der Waals surface area contributed by atoms with Crippen molar-refractivity contribution >= 4 is 45.2 Å². The summed E-state index contributed by atoms with van der Waals surface area (Å²) >= 11 is 9.58. The van der Waals surface area contributed by atoms with Crippen LogP contribution in [0.15, 0.2) is 21.6 Å². The van der Waals surface area contributed by atoms with E-state index in [0.29, 0.717) is 22.5 Å². The molecule has 1 unspecified atom stereocenters. The maximum atomic E-state index is 12.5. The number of carbonyl (C=O) groups excluding carboxylic acids is 1. The highest BCUT2D eigenvalue weighted by atomic mass is 79.9. The second-order valence-electron chi connectivity index (χ2n) is 5.90. The Kier molecular flexibility index (Phi) is 4.36. The fraction of sp³-hybridized carbons (Fsp3) is 0.500. The zero-order chi connectivity index (χ0) is 15.0. The molecule has 0 aromatic heterocycles. The monoisotopic (exact) mass is 368 g/mol. The molecule has 3 atom stereocenters. The molecule has 1 aliphatic carbocycles. The second-order valence-corrected chi connectivity index (χ2v) is 7.13. The predicted octanol–water partition coefficient (Wildman–Crippen LogP) is 4.73. The lowest BCUT2D eigenvalue weighted by molar-refractivity contribution is 0.1000. The van der Waals surface area contributed by atoms with E-state index >= 15 is 0 Å². The number of nitrogens with zero attached hydrogens (tertiary/aromatic N) is 1. The number of hydrogen-bond donors (Lipinski definition) is 1. The lowest BCUT2D eigenvalue weighted by atomic mass is 9.86. The molecule has 3 rings (SSSR count). The molecule has 1 saturated carbocycles. The number of hydrogen-bond acceptors (Lipinski definition) is 3. The number of carbonyl (C=O) groups is 1. The molecule has 3 nitrogen and oxygen atoms in total. The van der Waals surface area contributed by atoms with Gasteiger partial charge in [0.25, 0.3) is 0 Å². The number of anilines is 1. The molecular weight excluding hydrogens is 352 g/mol. The molecule has 1 fully saturated rings. The van der Waals surface area contributed by atoms with Crippen molar-refractivity contribution in [3.63, 3.8) is 0 Å². The van der Waals surface area contributed by atoms with Crippen LogP contribution in [-0.2, 0) is 0 Å². The second kappa shape index (κ2) is 6.09. The molecule has 0 bridgehead atoms. The summed E-state index contributed by atoms with van der Waals surface area (Å²) in [5.41, 5.74) is 1.36. The van der Waals surface area contributed by atoms with E-state index in [1.807, 2.05) is 12.1 Å². The summed E-state index contributed by atoms with van der Waals surface area (Å²) in [6, 6.07) is 3.69.